The summed E-state index contributed by atoms with van der Waals surface area (Å²) in [5.74, 6) is -0.617. The van der Waals surface area contributed by atoms with E-state index in [2.05, 4.69) is 48.5 Å². The van der Waals surface area contributed by atoms with Crippen LogP contribution in [0.1, 0.15) is 92.1 Å². The summed E-state index contributed by atoms with van der Waals surface area (Å²) in [6.45, 7) is 14.5. The van der Waals surface area contributed by atoms with Crippen molar-refractivity contribution in [3.63, 3.8) is 0 Å². The Kier molecular flexibility index (Phi) is 17.8. The van der Waals surface area contributed by atoms with Gasteiger partial charge in [-0.2, -0.15) is 10.5 Å². The molecule has 0 atom stereocenters. The molecule has 0 radical (unpaired) electrons. The lowest BCUT2D eigenvalue weighted by molar-refractivity contribution is -0.139. The molecule has 0 saturated heterocycles. The Morgan fingerprint density at radius 2 is 1.65 bits per heavy atom. The van der Waals surface area contributed by atoms with Crippen LogP contribution in [0, 0.1) is 28.6 Å². The van der Waals surface area contributed by atoms with Gasteiger partial charge in [0.05, 0.1) is 12.2 Å². The molecule has 0 aliphatic rings. The summed E-state index contributed by atoms with van der Waals surface area (Å²) in [5, 5.41) is 19.2. The molecule has 5 nitrogen and oxygen atoms in total. The summed E-state index contributed by atoms with van der Waals surface area (Å²) >= 11 is 3.53. The largest absolute Gasteiger partial charge is 0.461 e. The van der Waals surface area contributed by atoms with Crippen LogP contribution in [0.4, 0.5) is 5.69 Å². The highest BCUT2D eigenvalue weighted by Gasteiger charge is 2.21. The van der Waals surface area contributed by atoms with Crippen molar-refractivity contribution in [1.82, 2.24) is 0 Å². The highest BCUT2D eigenvalue weighted by Crippen LogP contribution is 2.31. The van der Waals surface area contributed by atoms with Gasteiger partial charge in [-0.05, 0) is 31.4 Å². The highest BCUT2D eigenvalue weighted by molar-refractivity contribution is 9.10. The molecule has 0 bridgehead atoms. The molecule has 188 valence electrons. The zero-order valence-corrected chi connectivity index (χ0v) is 23.5. The van der Waals surface area contributed by atoms with Gasteiger partial charge in [-0.1, -0.05) is 95.1 Å². The highest BCUT2D eigenvalue weighted by atomic mass is 79.9. The molecule has 0 saturated carbocycles. The van der Waals surface area contributed by atoms with Crippen molar-refractivity contribution in [2.24, 2.45) is 5.92 Å². The number of benzene rings is 1. The van der Waals surface area contributed by atoms with Gasteiger partial charge in [-0.25, -0.2) is 4.79 Å². The number of anilines is 1. The van der Waals surface area contributed by atoms with E-state index in [4.69, 9.17) is 4.74 Å². The number of halogens is 1. The van der Waals surface area contributed by atoms with Crippen molar-refractivity contribution < 1.29 is 9.53 Å². The summed E-state index contributed by atoms with van der Waals surface area (Å²) in [7, 11) is 0. The minimum atomic E-state index is -0.762. The van der Waals surface area contributed by atoms with E-state index in [1.54, 1.807) is 6.07 Å². The normalized spacial score (nSPS) is 11.0. The summed E-state index contributed by atoms with van der Waals surface area (Å²) in [5.41, 5.74) is 1.31. The topological polar surface area (TPSA) is 77.1 Å². The number of ether oxygens (including phenoxy) is 1. The number of rotatable bonds is 13. The number of nitriles is 2. The molecule has 6 heteroatoms. The third kappa shape index (κ3) is 11.7. The van der Waals surface area contributed by atoms with E-state index >= 15 is 0 Å². The number of esters is 1. The molecule has 34 heavy (non-hydrogen) atoms. The molecule has 0 heterocycles. The van der Waals surface area contributed by atoms with Gasteiger partial charge >= 0.3 is 5.97 Å². The first kappa shape index (κ1) is 31.7. The maximum absolute atomic E-state index is 12.3. The minimum Gasteiger partial charge on any atom is -0.461 e. The zero-order chi connectivity index (χ0) is 25.9. The fourth-order valence-corrected chi connectivity index (χ4v) is 3.79. The fourth-order valence-electron chi connectivity index (χ4n) is 3.23. The quantitative estimate of drug-likeness (QED) is 0.111. The Morgan fingerprint density at radius 1 is 1.03 bits per heavy atom. The van der Waals surface area contributed by atoms with E-state index in [0.717, 1.165) is 25.2 Å². The molecule has 0 N–H and O–H groups in total. The van der Waals surface area contributed by atoms with Crippen LogP contribution in [0.3, 0.4) is 0 Å². The van der Waals surface area contributed by atoms with Crippen molar-refractivity contribution in [3.05, 3.63) is 33.8 Å². The Hall–Kier alpha value is -2.31. The molecule has 0 fully saturated rings. The molecule has 1 rings (SSSR count). The average Bonchev–Trinajstić information content (AvgIpc) is 2.81. The second kappa shape index (κ2) is 19.0. The van der Waals surface area contributed by atoms with Gasteiger partial charge in [0, 0.05) is 28.8 Å². The molecule has 1 aromatic carbocycles. The summed E-state index contributed by atoms with van der Waals surface area (Å²) in [4.78, 5) is 14.6. The van der Waals surface area contributed by atoms with Crippen molar-refractivity contribution in [3.8, 4) is 12.1 Å². The number of nitrogens with zero attached hydrogens (tertiary/aromatic N) is 3. The molecule has 0 aliphatic carbocycles. The molecular weight excluding hydrogens is 490 g/mol. The molecule has 0 aromatic heterocycles. The molecule has 1 aromatic rings. The van der Waals surface area contributed by atoms with Gasteiger partial charge < -0.3 is 9.64 Å². The van der Waals surface area contributed by atoms with Crippen LogP contribution in [-0.2, 0) is 9.53 Å². The van der Waals surface area contributed by atoms with Crippen molar-refractivity contribution in [1.29, 1.82) is 10.5 Å². The second-order valence-corrected chi connectivity index (χ2v) is 9.54. The first-order chi connectivity index (χ1) is 16.3. The van der Waals surface area contributed by atoms with Crippen LogP contribution in [-0.4, -0.2) is 25.7 Å². The second-order valence-electron chi connectivity index (χ2n) is 8.68. The van der Waals surface area contributed by atoms with E-state index in [9.17, 15) is 15.3 Å². The standard InChI is InChI=1S/C25H34BrN3O2.C3H8/c1-5-7-8-9-10-11-14-29(6-2)20-12-13-21(24(26)15-20)22(16-27)23(17-28)25(30)31-18-19(3)4;1-3-2/h12-13,15,19H,5-11,14,18H2,1-4H3;3H2,1-2H3/b23-22-;. The Morgan fingerprint density at radius 3 is 2.15 bits per heavy atom. The first-order valence-corrected chi connectivity index (χ1v) is 13.4. The maximum Gasteiger partial charge on any atom is 0.350 e. The average molecular weight is 533 g/mol. The van der Waals surface area contributed by atoms with E-state index in [0.29, 0.717) is 10.0 Å². The smallest absolute Gasteiger partial charge is 0.350 e. The lowest BCUT2D eigenvalue weighted by Gasteiger charge is -2.24. The monoisotopic (exact) mass is 531 g/mol. The van der Waals surface area contributed by atoms with Gasteiger partial charge in [0.15, 0.2) is 5.57 Å². The number of hydrogen-bond acceptors (Lipinski definition) is 5. The van der Waals surface area contributed by atoms with E-state index in [1.807, 2.05) is 38.1 Å². The zero-order valence-electron chi connectivity index (χ0n) is 21.9. The van der Waals surface area contributed by atoms with Crippen molar-refractivity contribution >= 4 is 33.2 Å². The van der Waals surface area contributed by atoms with Crippen LogP contribution < -0.4 is 4.90 Å². The first-order valence-electron chi connectivity index (χ1n) is 12.6. The van der Waals surface area contributed by atoms with Gasteiger partial charge in [-0.15, -0.1) is 0 Å². The van der Waals surface area contributed by atoms with E-state index in [1.165, 1.54) is 38.5 Å². The van der Waals surface area contributed by atoms with Crippen molar-refractivity contribution in [2.45, 2.75) is 86.5 Å². The number of hydrogen-bond donors (Lipinski definition) is 0. The number of carbonyl (C=O) groups is 1. The van der Waals surface area contributed by atoms with E-state index < -0.39 is 5.97 Å². The fraction of sp³-hybridized carbons (Fsp3) is 0.607. The van der Waals surface area contributed by atoms with Gasteiger partial charge in [0.25, 0.3) is 0 Å². The molecule has 0 aliphatic heterocycles. The maximum atomic E-state index is 12.3. The predicted molar refractivity (Wildman–Crippen MR) is 145 cm³/mol. The van der Waals surface area contributed by atoms with E-state index in [-0.39, 0.29) is 23.7 Å². The van der Waals surface area contributed by atoms with Crippen LogP contribution in [0.5, 0.6) is 0 Å². The minimum absolute atomic E-state index is 0.0219. The van der Waals surface area contributed by atoms with Crippen LogP contribution >= 0.6 is 15.9 Å². The summed E-state index contributed by atoms with van der Waals surface area (Å²) < 4.78 is 5.84. The molecule has 0 unspecified atom stereocenters. The lowest BCUT2D eigenvalue weighted by atomic mass is 10.0. The molecule has 0 spiro atoms. The summed E-state index contributed by atoms with van der Waals surface area (Å²) in [6, 6.07) is 9.53. The van der Waals surface area contributed by atoms with Crippen LogP contribution in [0.2, 0.25) is 0 Å². The third-order valence-corrected chi connectivity index (χ3v) is 5.63. The number of allylic oxidation sites excluding steroid dienone is 1. The van der Waals surface area contributed by atoms with Crippen LogP contribution in [0.15, 0.2) is 28.2 Å². The van der Waals surface area contributed by atoms with Gasteiger partial charge in [-0.3, -0.25) is 0 Å². The molecular formula is C28H42BrN3O2. The lowest BCUT2D eigenvalue weighted by Crippen LogP contribution is -2.23. The van der Waals surface area contributed by atoms with Gasteiger partial charge in [0.1, 0.15) is 12.1 Å². The Labute approximate surface area is 215 Å². The third-order valence-electron chi connectivity index (χ3n) is 4.98. The molecule has 0 amide bonds. The van der Waals surface area contributed by atoms with Crippen molar-refractivity contribution in [2.75, 3.05) is 24.6 Å². The number of unbranched alkanes of at least 4 members (excludes halogenated alkanes) is 5. The predicted octanol–water partition coefficient (Wildman–Crippen LogP) is 8.05. The Bertz CT molecular complexity index is 850. The van der Waals surface area contributed by atoms with Crippen LogP contribution in [0.25, 0.3) is 5.57 Å². The summed E-state index contributed by atoms with van der Waals surface area (Å²) in [6.07, 6.45) is 8.74. The SMILES string of the molecule is CCC.CCCCCCCCN(CC)c1ccc(/C(C#N)=C(/C#N)C(=O)OCC(C)C)c(Br)c1. The Balaban J connectivity index is 0.00000343. The van der Waals surface area contributed by atoms with Gasteiger partial charge in [0.2, 0.25) is 0 Å². The number of carbonyl (C=O) groups excluding carboxylic acids is 1.